The van der Waals surface area contributed by atoms with E-state index in [1.54, 1.807) is 6.08 Å². The molecule has 2 atom stereocenters. The Hall–Kier alpha value is -0.640. The number of aliphatic hydroxyl groups is 1. The molecule has 0 rings (SSSR count). The summed E-state index contributed by atoms with van der Waals surface area (Å²) in [6.45, 7) is 12.0. The summed E-state index contributed by atoms with van der Waals surface area (Å²) in [7, 11) is 0. The maximum absolute atomic E-state index is 10.1. The van der Waals surface area contributed by atoms with Gasteiger partial charge in [-0.15, -0.1) is 6.58 Å². The number of hydrogen-bond acceptors (Lipinski definition) is 3. The van der Waals surface area contributed by atoms with Gasteiger partial charge in [0.25, 0.3) is 0 Å². The molecule has 0 heterocycles. The number of aliphatic hydroxyl groups excluding tert-OH is 1. The molecule has 0 aliphatic heterocycles. The smallest absolute Gasteiger partial charge is 0.111 e. The highest BCUT2D eigenvalue weighted by Crippen LogP contribution is 2.12. The second kappa shape index (κ2) is 8.45. The van der Waals surface area contributed by atoms with Gasteiger partial charge in [0, 0.05) is 24.5 Å². The minimum Gasteiger partial charge on any atom is -0.378 e. The fourth-order valence-corrected chi connectivity index (χ4v) is 1.97. The van der Waals surface area contributed by atoms with Gasteiger partial charge in [0.1, 0.15) is 6.23 Å². The van der Waals surface area contributed by atoms with Crippen molar-refractivity contribution in [2.75, 3.05) is 0 Å². The molecule has 0 aromatic heterocycles. The van der Waals surface area contributed by atoms with E-state index in [0.29, 0.717) is 18.5 Å². The number of nitrogens with zero attached hydrogens (tertiary/aromatic N) is 1. The molecule has 0 aromatic carbocycles. The summed E-state index contributed by atoms with van der Waals surface area (Å²) < 4.78 is 0. The maximum atomic E-state index is 10.1. The molecule has 0 fully saturated rings. The van der Waals surface area contributed by atoms with E-state index in [1.807, 2.05) is 12.2 Å². The largest absolute Gasteiger partial charge is 0.378 e. The van der Waals surface area contributed by atoms with E-state index >= 15 is 0 Å². The van der Waals surface area contributed by atoms with Crippen LogP contribution in [-0.4, -0.2) is 34.4 Å². The minimum atomic E-state index is -0.425. The Morgan fingerprint density at radius 2 is 1.59 bits per heavy atom. The van der Waals surface area contributed by atoms with Crippen molar-refractivity contribution in [2.45, 2.75) is 64.9 Å². The lowest BCUT2D eigenvalue weighted by molar-refractivity contribution is -0.0343. The van der Waals surface area contributed by atoms with Crippen molar-refractivity contribution in [1.82, 2.24) is 4.90 Å². The van der Waals surface area contributed by atoms with Gasteiger partial charge in [0.05, 0.1) is 0 Å². The Kier molecular flexibility index (Phi) is 8.13. The van der Waals surface area contributed by atoms with Crippen molar-refractivity contribution in [3.05, 3.63) is 24.8 Å². The molecule has 0 saturated heterocycles. The fourth-order valence-electron chi connectivity index (χ4n) is 1.97. The second-order valence-electron chi connectivity index (χ2n) is 4.96. The molecule has 0 aliphatic carbocycles. The van der Waals surface area contributed by atoms with E-state index in [-0.39, 0.29) is 6.04 Å². The molecule has 0 saturated carbocycles. The Bertz CT molecular complexity index is 228. The van der Waals surface area contributed by atoms with Gasteiger partial charge in [-0.1, -0.05) is 18.2 Å². The van der Waals surface area contributed by atoms with Gasteiger partial charge in [-0.3, -0.25) is 4.90 Å². The second-order valence-corrected chi connectivity index (χ2v) is 4.96. The first-order chi connectivity index (χ1) is 7.90. The molecule has 0 radical (unpaired) electrons. The predicted octanol–water partition coefficient (Wildman–Crippen LogP) is 2.27. The van der Waals surface area contributed by atoms with Crippen LogP contribution in [0, 0.1) is 0 Å². The molecule has 0 spiro atoms. The first-order valence-corrected chi connectivity index (χ1v) is 6.38. The van der Waals surface area contributed by atoms with E-state index in [9.17, 15) is 5.11 Å². The van der Waals surface area contributed by atoms with Crippen LogP contribution in [0.2, 0.25) is 0 Å². The Labute approximate surface area is 106 Å². The lowest BCUT2D eigenvalue weighted by atomic mass is 10.1. The molecule has 0 aliphatic rings. The zero-order valence-corrected chi connectivity index (χ0v) is 11.6. The fraction of sp³-hybridized carbons (Fsp3) is 0.714. The van der Waals surface area contributed by atoms with E-state index in [1.165, 1.54) is 0 Å². The average molecular weight is 240 g/mol. The summed E-state index contributed by atoms with van der Waals surface area (Å²) in [5, 5.41) is 10.1. The lowest BCUT2D eigenvalue weighted by Crippen LogP contribution is -2.44. The zero-order valence-electron chi connectivity index (χ0n) is 11.6. The SMILES string of the molecule is C=CC(N)C/C=C\CC(O)N(C(C)C)C(C)C. The summed E-state index contributed by atoms with van der Waals surface area (Å²) in [6, 6.07) is 0.692. The molecule has 3 nitrogen and oxygen atoms in total. The number of rotatable bonds is 8. The van der Waals surface area contributed by atoms with Crippen LogP contribution < -0.4 is 5.73 Å². The predicted molar refractivity (Wildman–Crippen MR) is 74.7 cm³/mol. The molecular formula is C14H28N2O. The highest BCUT2D eigenvalue weighted by Gasteiger charge is 2.20. The van der Waals surface area contributed by atoms with E-state index in [2.05, 4.69) is 39.2 Å². The van der Waals surface area contributed by atoms with Crippen molar-refractivity contribution in [3.63, 3.8) is 0 Å². The van der Waals surface area contributed by atoms with Crippen molar-refractivity contribution >= 4 is 0 Å². The number of hydrogen-bond donors (Lipinski definition) is 2. The quantitative estimate of drug-likeness (QED) is 0.505. The molecular weight excluding hydrogens is 212 g/mol. The normalized spacial score (nSPS) is 16.1. The van der Waals surface area contributed by atoms with Crippen molar-refractivity contribution in [2.24, 2.45) is 5.73 Å². The van der Waals surface area contributed by atoms with Crippen LogP contribution in [-0.2, 0) is 0 Å². The van der Waals surface area contributed by atoms with Crippen LogP contribution >= 0.6 is 0 Å². The molecule has 17 heavy (non-hydrogen) atoms. The van der Waals surface area contributed by atoms with Crippen molar-refractivity contribution < 1.29 is 5.11 Å². The van der Waals surface area contributed by atoms with Gasteiger partial charge in [-0.2, -0.15) is 0 Å². The first-order valence-electron chi connectivity index (χ1n) is 6.38. The Morgan fingerprint density at radius 3 is 2.00 bits per heavy atom. The van der Waals surface area contributed by atoms with Crippen LogP contribution in [0.15, 0.2) is 24.8 Å². The van der Waals surface area contributed by atoms with Crippen molar-refractivity contribution in [1.29, 1.82) is 0 Å². The van der Waals surface area contributed by atoms with Gasteiger partial charge in [0.2, 0.25) is 0 Å². The molecule has 0 aromatic rings. The van der Waals surface area contributed by atoms with Crippen LogP contribution in [0.3, 0.4) is 0 Å². The summed E-state index contributed by atoms with van der Waals surface area (Å²) in [6.07, 6.45) is 6.72. The third kappa shape index (κ3) is 6.61. The van der Waals surface area contributed by atoms with E-state index in [0.717, 1.165) is 6.42 Å². The van der Waals surface area contributed by atoms with Crippen LogP contribution in [0.1, 0.15) is 40.5 Å². The Balaban J connectivity index is 4.14. The molecule has 3 heteroatoms. The summed E-state index contributed by atoms with van der Waals surface area (Å²) >= 11 is 0. The monoisotopic (exact) mass is 240 g/mol. The van der Waals surface area contributed by atoms with Crippen LogP contribution in [0.5, 0.6) is 0 Å². The molecule has 3 N–H and O–H groups in total. The Morgan fingerprint density at radius 1 is 1.12 bits per heavy atom. The average Bonchev–Trinajstić information content (AvgIpc) is 2.22. The molecule has 2 unspecified atom stereocenters. The van der Waals surface area contributed by atoms with Gasteiger partial charge < -0.3 is 10.8 Å². The van der Waals surface area contributed by atoms with Gasteiger partial charge >= 0.3 is 0 Å². The third-order valence-electron chi connectivity index (χ3n) is 2.76. The maximum Gasteiger partial charge on any atom is 0.111 e. The molecule has 0 bridgehead atoms. The lowest BCUT2D eigenvalue weighted by Gasteiger charge is -2.34. The summed E-state index contributed by atoms with van der Waals surface area (Å²) in [4.78, 5) is 2.10. The van der Waals surface area contributed by atoms with E-state index in [4.69, 9.17) is 5.73 Å². The van der Waals surface area contributed by atoms with Crippen LogP contribution in [0.4, 0.5) is 0 Å². The third-order valence-corrected chi connectivity index (χ3v) is 2.76. The number of nitrogens with two attached hydrogens (primary N) is 1. The first kappa shape index (κ1) is 16.4. The highest BCUT2D eigenvalue weighted by molar-refractivity contribution is 4.93. The van der Waals surface area contributed by atoms with Crippen LogP contribution in [0.25, 0.3) is 0 Å². The van der Waals surface area contributed by atoms with Gasteiger partial charge in [0.15, 0.2) is 0 Å². The summed E-state index contributed by atoms with van der Waals surface area (Å²) in [5.41, 5.74) is 5.70. The zero-order chi connectivity index (χ0) is 13.4. The van der Waals surface area contributed by atoms with Gasteiger partial charge in [-0.05, 0) is 34.1 Å². The van der Waals surface area contributed by atoms with Gasteiger partial charge in [-0.25, -0.2) is 0 Å². The van der Waals surface area contributed by atoms with Crippen molar-refractivity contribution in [3.8, 4) is 0 Å². The minimum absolute atomic E-state index is 0.00898. The highest BCUT2D eigenvalue weighted by atomic mass is 16.3. The molecule has 0 amide bonds. The topological polar surface area (TPSA) is 49.5 Å². The molecule has 100 valence electrons. The summed E-state index contributed by atoms with van der Waals surface area (Å²) in [5.74, 6) is 0. The van der Waals surface area contributed by atoms with E-state index < -0.39 is 6.23 Å². The standard InChI is InChI=1S/C14H28N2O/c1-6-13(15)9-7-8-10-14(17)16(11(2)3)12(4)5/h6-8,11-14,17H,1,9-10,15H2,2-5H3/b8-7-.